The van der Waals surface area contributed by atoms with Crippen LogP contribution in [0.3, 0.4) is 0 Å². The fraction of sp³-hybridized carbons (Fsp3) is 0.385. The third-order valence-electron chi connectivity index (χ3n) is 2.23. The van der Waals surface area contributed by atoms with Crippen molar-refractivity contribution in [3.63, 3.8) is 0 Å². The van der Waals surface area contributed by atoms with Gasteiger partial charge in [0.1, 0.15) is 6.04 Å². The summed E-state index contributed by atoms with van der Waals surface area (Å²) in [5.41, 5.74) is 6.35. The molecule has 1 amide bonds. The number of nitrogens with two attached hydrogens (primary N) is 1. The summed E-state index contributed by atoms with van der Waals surface area (Å²) in [6.07, 6.45) is 0. The molecule has 0 aromatic heterocycles. The number of anilines is 1. The van der Waals surface area contributed by atoms with Crippen molar-refractivity contribution >= 4 is 45.3 Å². The molecule has 1 rings (SSSR count). The monoisotopic (exact) mass is 360 g/mol. The molecule has 0 heterocycles. The van der Waals surface area contributed by atoms with Gasteiger partial charge in [0.15, 0.2) is 0 Å². The lowest BCUT2D eigenvalue weighted by molar-refractivity contribution is -0.144. The molecule has 110 valence electrons. The van der Waals surface area contributed by atoms with Crippen molar-refractivity contribution in [2.75, 3.05) is 23.4 Å². The topological polar surface area (TPSA) is 81.4 Å². The SMILES string of the molecule is CCOC(=O)C(N)CSCC(=O)Nc1cccc(Br)c1. The molecule has 0 saturated carbocycles. The Bertz CT molecular complexity index is 471. The van der Waals surface area contributed by atoms with Crippen LogP contribution in [0.15, 0.2) is 28.7 Å². The minimum atomic E-state index is -0.696. The molecule has 5 nitrogen and oxygen atoms in total. The van der Waals surface area contributed by atoms with Gasteiger partial charge in [-0.05, 0) is 25.1 Å². The van der Waals surface area contributed by atoms with Gasteiger partial charge >= 0.3 is 5.97 Å². The minimum Gasteiger partial charge on any atom is -0.465 e. The Morgan fingerprint density at radius 2 is 2.25 bits per heavy atom. The minimum absolute atomic E-state index is 0.135. The van der Waals surface area contributed by atoms with Crippen molar-refractivity contribution in [3.05, 3.63) is 28.7 Å². The number of rotatable bonds is 7. The molecule has 0 spiro atoms. The zero-order valence-corrected chi connectivity index (χ0v) is 13.5. The normalized spacial score (nSPS) is 11.8. The van der Waals surface area contributed by atoms with Crippen LogP contribution in [0.25, 0.3) is 0 Å². The van der Waals surface area contributed by atoms with E-state index in [4.69, 9.17) is 10.5 Å². The van der Waals surface area contributed by atoms with E-state index in [2.05, 4.69) is 21.2 Å². The maximum atomic E-state index is 11.7. The first kappa shape index (κ1) is 17.0. The van der Waals surface area contributed by atoms with Crippen molar-refractivity contribution < 1.29 is 14.3 Å². The predicted octanol–water partition coefficient (Wildman–Crippen LogP) is 2.01. The van der Waals surface area contributed by atoms with E-state index in [0.29, 0.717) is 12.4 Å². The van der Waals surface area contributed by atoms with Crippen LogP contribution < -0.4 is 11.1 Å². The average Bonchev–Trinajstić information content (AvgIpc) is 2.38. The van der Waals surface area contributed by atoms with Crippen LogP contribution >= 0.6 is 27.7 Å². The fourth-order valence-electron chi connectivity index (χ4n) is 1.36. The van der Waals surface area contributed by atoms with Crippen molar-refractivity contribution in [1.29, 1.82) is 0 Å². The highest BCUT2D eigenvalue weighted by atomic mass is 79.9. The molecule has 0 aliphatic heterocycles. The van der Waals surface area contributed by atoms with E-state index >= 15 is 0 Å². The molecule has 1 aromatic carbocycles. The highest BCUT2D eigenvalue weighted by Gasteiger charge is 2.15. The van der Waals surface area contributed by atoms with Crippen LogP contribution in [0.2, 0.25) is 0 Å². The van der Waals surface area contributed by atoms with E-state index in [9.17, 15) is 9.59 Å². The van der Waals surface area contributed by atoms with Gasteiger partial charge in [-0.1, -0.05) is 22.0 Å². The molecule has 0 aliphatic carbocycles. The third kappa shape index (κ3) is 6.40. The lowest BCUT2D eigenvalue weighted by Gasteiger charge is -2.10. The molecule has 0 saturated heterocycles. The summed E-state index contributed by atoms with van der Waals surface area (Å²) in [4.78, 5) is 23.0. The first-order chi connectivity index (χ1) is 9.52. The summed E-state index contributed by atoms with van der Waals surface area (Å²) in [5.74, 6) is 0.0150. The fourth-order valence-corrected chi connectivity index (χ4v) is 2.52. The number of ether oxygens (including phenoxy) is 1. The number of benzene rings is 1. The molecule has 0 radical (unpaired) electrons. The number of halogens is 1. The van der Waals surface area contributed by atoms with Gasteiger partial charge in [0.2, 0.25) is 5.91 Å². The maximum absolute atomic E-state index is 11.7. The average molecular weight is 361 g/mol. The van der Waals surface area contributed by atoms with Crippen LogP contribution in [0.1, 0.15) is 6.92 Å². The molecule has 0 bridgehead atoms. The third-order valence-corrected chi connectivity index (χ3v) is 3.78. The number of amides is 1. The Morgan fingerprint density at radius 3 is 2.90 bits per heavy atom. The van der Waals surface area contributed by atoms with E-state index < -0.39 is 12.0 Å². The van der Waals surface area contributed by atoms with Gasteiger partial charge in [-0.15, -0.1) is 11.8 Å². The molecule has 0 aliphatic rings. The number of hydrogen-bond donors (Lipinski definition) is 2. The van der Waals surface area contributed by atoms with Crippen LogP contribution in [-0.4, -0.2) is 36.0 Å². The zero-order chi connectivity index (χ0) is 15.0. The maximum Gasteiger partial charge on any atom is 0.323 e. The number of thioether (sulfide) groups is 1. The molecule has 1 aromatic rings. The summed E-state index contributed by atoms with van der Waals surface area (Å²) in [6, 6.07) is 6.63. The van der Waals surface area contributed by atoms with E-state index in [1.165, 1.54) is 11.8 Å². The molecular weight excluding hydrogens is 344 g/mol. The zero-order valence-electron chi connectivity index (χ0n) is 11.1. The van der Waals surface area contributed by atoms with Gasteiger partial charge < -0.3 is 15.8 Å². The second-order valence-electron chi connectivity index (χ2n) is 3.93. The van der Waals surface area contributed by atoms with Crippen molar-refractivity contribution in [3.8, 4) is 0 Å². The van der Waals surface area contributed by atoms with E-state index in [-0.39, 0.29) is 11.7 Å². The largest absolute Gasteiger partial charge is 0.465 e. The molecule has 3 N–H and O–H groups in total. The molecule has 0 fully saturated rings. The van der Waals surface area contributed by atoms with E-state index in [1.807, 2.05) is 18.2 Å². The summed E-state index contributed by atoms with van der Waals surface area (Å²) >= 11 is 4.63. The summed E-state index contributed by atoms with van der Waals surface area (Å²) in [6.45, 7) is 2.03. The Labute approximate surface area is 130 Å². The second-order valence-corrected chi connectivity index (χ2v) is 5.88. The van der Waals surface area contributed by atoms with Gasteiger partial charge in [-0.2, -0.15) is 0 Å². The Balaban J connectivity index is 2.28. The molecule has 1 unspecified atom stereocenters. The van der Waals surface area contributed by atoms with Crippen molar-refractivity contribution in [2.24, 2.45) is 5.73 Å². The standard InChI is InChI=1S/C13H17BrN2O3S/c1-2-19-13(18)11(15)7-20-8-12(17)16-10-5-3-4-9(14)6-10/h3-6,11H,2,7-8,15H2,1H3,(H,16,17). The van der Waals surface area contributed by atoms with Crippen LogP contribution in [0.4, 0.5) is 5.69 Å². The quantitative estimate of drug-likeness (QED) is 0.726. The smallest absolute Gasteiger partial charge is 0.323 e. The van der Waals surface area contributed by atoms with Crippen LogP contribution in [-0.2, 0) is 14.3 Å². The number of hydrogen-bond acceptors (Lipinski definition) is 5. The van der Waals surface area contributed by atoms with E-state index in [1.54, 1.807) is 13.0 Å². The summed E-state index contributed by atoms with van der Waals surface area (Å²) in [7, 11) is 0. The first-order valence-corrected chi connectivity index (χ1v) is 8.03. The highest BCUT2D eigenvalue weighted by molar-refractivity contribution is 9.10. The number of carbonyl (C=O) groups excluding carboxylic acids is 2. The van der Waals surface area contributed by atoms with E-state index in [0.717, 1.165) is 10.2 Å². The lowest BCUT2D eigenvalue weighted by atomic mass is 10.3. The summed E-state index contributed by atoms with van der Waals surface area (Å²) < 4.78 is 5.68. The number of carbonyl (C=O) groups is 2. The number of nitrogens with one attached hydrogen (secondary N) is 1. The first-order valence-electron chi connectivity index (χ1n) is 6.08. The molecule has 7 heteroatoms. The molecule has 20 heavy (non-hydrogen) atoms. The Hall–Kier alpha value is -1.05. The van der Waals surface area contributed by atoms with Gasteiger partial charge in [0.25, 0.3) is 0 Å². The predicted molar refractivity (Wildman–Crippen MR) is 84.7 cm³/mol. The second kappa shape index (κ2) is 8.99. The molecule has 1 atom stereocenters. The highest BCUT2D eigenvalue weighted by Crippen LogP contribution is 2.16. The Morgan fingerprint density at radius 1 is 1.50 bits per heavy atom. The van der Waals surface area contributed by atoms with Gasteiger partial charge in [-0.3, -0.25) is 9.59 Å². The Kier molecular flexibility index (Phi) is 7.64. The lowest BCUT2D eigenvalue weighted by Crippen LogP contribution is -2.35. The summed E-state index contributed by atoms with van der Waals surface area (Å²) in [5, 5.41) is 2.76. The van der Waals surface area contributed by atoms with Crippen LogP contribution in [0, 0.1) is 0 Å². The van der Waals surface area contributed by atoms with Gasteiger partial charge in [-0.25, -0.2) is 0 Å². The van der Waals surface area contributed by atoms with Crippen LogP contribution in [0.5, 0.6) is 0 Å². The number of esters is 1. The molecular formula is C13H17BrN2O3S. The van der Waals surface area contributed by atoms with Crippen molar-refractivity contribution in [2.45, 2.75) is 13.0 Å². The van der Waals surface area contributed by atoms with Gasteiger partial charge in [0, 0.05) is 15.9 Å². The van der Waals surface area contributed by atoms with Crippen molar-refractivity contribution in [1.82, 2.24) is 0 Å². The van der Waals surface area contributed by atoms with Gasteiger partial charge in [0.05, 0.1) is 12.4 Å².